The van der Waals surface area contributed by atoms with Gasteiger partial charge in [0, 0.05) is 0 Å². The molecule has 0 bridgehead atoms. The van der Waals surface area contributed by atoms with E-state index in [0.717, 1.165) is 13.1 Å². The van der Waals surface area contributed by atoms with Gasteiger partial charge in [-0.2, -0.15) is 0 Å². The van der Waals surface area contributed by atoms with E-state index in [9.17, 15) is 0 Å². The Morgan fingerprint density at radius 3 is 2.38 bits per heavy atom. The second-order valence-electron chi connectivity index (χ2n) is 2.05. The van der Waals surface area contributed by atoms with E-state index < -0.39 is 0 Å². The van der Waals surface area contributed by atoms with Gasteiger partial charge < -0.3 is 10.6 Å². The van der Waals surface area contributed by atoms with Crippen molar-refractivity contribution in [2.45, 2.75) is 13.3 Å². The van der Waals surface area contributed by atoms with Gasteiger partial charge in [-0.3, -0.25) is 0 Å². The Labute approximate surface area is 51.7 Å². The first kappa shape index (κ1) is 7.92. The van der Waals surface area contributed by atoms with Crippen LogP contribution in [0.4, 0.5) is 0 Å². The Balaban J connectivity index is 2.92. The maximum Gasteiger partial charge on any atom is -0.00251 e. The van der Waals surface area contributed by atoms with Gasteiger partial charge in [0.1, 0.15) is 0 Å². The first-order valence-corrected chi connectivity index (χ1v) is 3.14. The van der Waals surface area contributed by atoms with Crippen molar-refractivity contribution in [1.29, 1.82) is 0 Å². The van der Waals surface area contributed by atoms with E-state index in [0.29, 0.717) is 6.54 Å². The topological polar surface area (TPSA) is 27.0 Å². The van der Waals surface area contributed by atoms with Gasteiger partial charge in [-0.05, 0) is 26.6 Å². The summed E-state index contributed by atoms with van der Waals surface area (Å²) in [5.41, 5.74) is 6.87. The van der Waals surface area contributed by atoms with E-state index in [2.05, 4.69) is 18.9 Å². The quantitative estimate of drug-likeness (QED) is 0.543. The minimum Gasteiger partial charge on any atom is -0.676 e. The molecule has 2 heteroatoms. The average molecular weight is 115 g/mol. The minimum absolute atomic E-state index is 0.524. The van der Waals surface area contributed by atoms with Gasteiger partial charge in [-0.15, -0.1) is 6.54 Å². The molecule has 0 rings (SSSR count). The molecule has 2 nitrogen and oxygen atoms in total. The molecular formula is C6H15N2-. The molecule has 50 valence electrons. The largest absolute Gasteiger partial charge is 0.676 e. The van der Waals surface area contributed by atoms with Crippen LogP contribution in [0.5, 0.6) is 0 Å². The van der Waals surface area contributed by atoms with Crippen molar-refractivity contribution in [1.82, 2.24) is 4.90 Å². The summed E-state index contributed by atoms with van der Waals surface area (Å²) in [5.74, 6) is 0. The van der Waals surface area contributed by atoms with Crippen LogP contribution < -0.4 is 0 Å². The normalized spacial score (nSPS) is 10.5. The van der Waals surface area contributed by atoms with Crippen molar-refractivity contribution < 1.29 is 0 Å². The lowest BCUT2D eigenvalue weighted by molar-refractivity contribution is 0.351. The van der Waals surface area contributed by atoms with Crippen molar-refractivity contribution >= 4 is 0 Å². The summed E-state index contributed by atoms with van der Waals surface area (Å²) in [4.78, 5) is 2.17. The third-order valence-electron chi connectivity index (χ3n) is 1.10. The Morgan fingerprint density at radius 1 is 1.38 bits per heavy atom. The molecule has 0 atom stereocenters. The highest BCUT2D eigenvalue weighted by Crippen LogP contribution is 1.83. The molecule has 0 saturated carbocycles. The van der Waals surface area contributed by atoms with Gasteiger partial charge >= 0.3 is 0 Å². The van der Waals surface area contributed by atoms with Gasteiger partial charge in [0.05, 0.1) is 0 Å². The average Bonchev–Trinajstić information content (AvgIpc) is 1.68. The van der Waals surface area contributed by atoms with Crippen LogP contribution in [-0.4, -0.2) is 31.6 Å². The summed E-state index contributed by atoms with van der Waals surface area (Å²) in [6.45, 7) is 4.71. The van der Waals surface area contributed by atoms with Crippen LogP contribution in [0.1, 0.15) is 13.3 Å². The molecule has 0 unspecified atom stereocenters. The number of rotatable bonds is 4. The summed E-state index contributed by atoms with van der Waals surface area (Å²) in [6, 6.07) is 0. The van der Waals surface area contributed by atoms with E-state index in [1.165, 1.54) is 6.42 Å². The van der Waals surface area contributed by atoms with Crippen molar-refractivity contribution in [3.05, 3.63) is 5.73 Å². The maximum atomic E-state index is 6.87. The maximum absolute atomic E-state index is 6.87. The SMILES string of the molecule is CCCN(C)CC[NH-]. The molecule has 0 fully saturated rings. The van der Waals surface area contributed by atoms with Gasteiger partial charge in [-0.25, -0.2) is 0 Å². The monoisotopic (exact) mass is 115 g/mol. The highest BCUT2D eigenvalue weighted by Gasteiger charge is 1.87. The molecule has 0 spiro atoms. The number of nitrogens with zero attached hydrogens (tertiary/aromatic N) is 1. The lowest BCUT2D eigenvalue weighted by atomic mass is 10.4. The van der Waals surface area contributed by atoms with Gasteiger partial charge in [0.15, 0.2) is 0 Å². The molecule has 0 aromatic rings. The Bertz CT molecular complexity index is 39.8. The van der Waals surface area contributed by atoms with Crippen LogP contribution in [0.15, 0.2) is 0 Å². The molecule has 1 N–H and O–H groups in total. The molecule has 0 heterocycles. The Morgan fingerprint density at radius 2 is 2.00 bits per heavy atom. The summed E-state index contributed by atoms with van der Waals surface area (Å²) in [7, 11) is 2.05. The smallest absolute Gasteiger partial charge is 0.00251 e. The molecule has 0 aliphatic heterocycles. The zero-order valence-corrected chi connectivity index (χ0v) is 5.78. The van der Waals surface area contributed by atoms with Crippen LogP contribution in [0.25, 0.3) is 5.73 Å². The predicted molar refractivity (Wildman–Crippen MR) is 37.0 cm³/mol. The predicted octanol–water partition coefficient (Wildman–Crippen LogP) is 1.38. The summed E-state index contributed by atoms with van der Waals surface area (Å²) >= 11 is 0. The summed E-state index contributed by atoms with van der Waals surface area (Å²) in [5, 5.41) is 0. The molecule has 0 aromatic carbocycles. The lowest BCUT2D eigenvalue weighted by Gasteiger charge is -2.15. The minimum atomic E-state index is 0.524. The van der Waals surface area contributed by atoms with Crippen molar-refractivity contribution in [3.8, 4) is 0 Å². The first-order chi connectivity index (χ1) is 3.81. The Kier molecular flexibility index (Phi) is 5.01. The molecular weight excluding hydrogens is 100 g/mol. The van der Waals surface area contributed by atoms with E-state index >= 15 is 0 Å². The molecule has 0 radical (unpaired) electrons. The van der Waals surface area contributed by atoms with Crippen LogP contribution in [0, 0.1) is 0 Å². The fourth-order valence-corrected chi connectivity index (χ4v) is 0.684. The second kappa shape index (κ2) is 5.06. The van der Waals surface area contributed by atoms with Crippen LogP contribution in [0.2, 0.25) is 0 Å². The van der Waals surface area contributed by atoms with E-state index in [4.69, 9.17) is 5.73 Å². The summed E-state index contributed by atoms with van der Waals surface area (Å²) in [6.07, 6.45) is 1.19. The highest BCUT2D eigenvalue weighted by atomic mass is 15.1. The van der Waals surface area contributed by atoms with Crippen molar-refractivity contribution in [3.63, 3.8) is 0 Å². The van der Waals surface area contributed by atoms with Crippen LogP contribution in [-0.2, 0) is 0 Å². The highest BCUT2D eigenvalue weighted by molar-refractivity contribution is 4.56. The molecule has 0 amide bonds. The van der Waals surface area contributed by atoms with Crippen LogP contribution in [0.3, 0.4) is 0 Å². The standard InChI is InChI=1S/C6H15N2/c1-3-5-8(2)6-4-7/h7H,3-6H2,1-2H3/q-1. The zero-order chi connectivity index (χ0) is 6.41. The first-order valence-electron chi connectivity index (χ1n) is 3.14. The lowest BCUT2D eigenvalue weighted by Crippen LogP contribution is -2.21. The fourth-order valence-electron chi connectivity index (χ4n) is 0.684. The van der Waals surface area contributed by atoms with Crippen molar-refractivity contribution in [2.24, 2.45) is 0 Å². The molecule has 0 aliphatic rings. The van der Waals surface area contributed by atoms with Crippen molar-refractivity contribution in [2.75, 3.05) is 26.7 Å². The Hall–Kier alpha value is -0.0800. The molecule has 0 saturated heterocycles. The van der Waals surface area contributed by atoms with Gasteiger partial charge in [0.2, 0.25) is 0 Å². The number of nitrogens with one attached hydrogen (secondary N) is 1. The van der Waals surface area contributed by atoms with Gasteiger partial charge in [-0.1, -0.05) is 6.92 Å². The summed E-state index contributed by atoms with van der Waals surface area (Å²) < 4.78 is 0. The van der Waals surface area contributed by atoms with E-state index in [1.807, 2.05) is 0 Å². The van der Waals surface area contributed by atoms with E-state index in [-0.39, 0.29) is 0 Å². The number of likely N-dealkylation sites (N-methyl/N-ethyl adjacent to an activating group) is 1. The number of hydrogen-bond acceptors (Lipinski definition) is 1. The number of hydrogen-bond donors (Lipinski definition) is 0. The third kappa shape index (κ3) is 4.09. The third-order valence-corrected chi connectivity index (χ3v) is 1.10. The molecule has 0 aromatic heterocycles. The second-order valence-corrected chi connectivity index (χ2v) is 2.05. The van der Waals surface area contributed by atoms with E-state index in [1.54, 1.807) is 0 Å². The molecule has 8 heavy (non-hydrogen) atoms. The fraction of sp³-hybridized carbons (Fsp3) is 1.00. The van der Waals surface area contributed by atoms with Gasteiger partial charge in [0.25, 0.3) is 0 Å². The zero-order valence-electron chi connectivity index (χ0n) is 5.78. The van der Waals surface area contributed by atoms with Crippen LogP contribution >= 0.6 is 0 Å². The molecule has 0 aliphatic carbocycles.